The zero-order chi connectivity index (χ0) is 17.0. The number of halogens is 1. The van der Waals surface area contributed by atoms with Crippen LogP contribution in [0.1, 0.15) is 13.8 Å². The molecule has 0 aromatic heterocycles. The maximum atomic E-state index is 11.8. The van der Waals surface area contributed by atoms with E-state index in [4.69, 9.17) is 20.9 Å². The Bertz CT molecular complexity index is 441. The van der Waals surface area contributed by atoms with Crippen molar-refractivity contribution in [1.29, 1.82) is 0 Å². The van der Waals surface area contributed by atoms with E-state index in [1.54, 1.807) is 0 Å². The van der Waals surface area contributed by atoms with Gasteiger partial charge in [0.05, 0.1) is 19.4 Å². The van der Waals surface area contributed by atoms with Gasteiger partial charge in [-0.25, -0.2) is 0 Å². The van der Waals surface area contributed by atoms with E-state index in [0.717, 1.165) is 0 Å². The van der Waals surface area contributed by atoms with Gasteiger partial charge >= 0.3 is 5.97 Å². The summed E-state index contributed by atoms with van der Waals surface area (Å²) in [6, 6.07) is -0.981. The van der Waals surface area contributed by atoms with Gasteiger partial charge in [0.15, 0.2) is 0 Å². The standard InChI is InChI=1S/C13H26N6O4.ClH/c1-7(2)8(14)12(21)23-4-3-22-6-19-5-16-9-10(19)17-13(15)18-11(9)20;/h7-10,13,16-17H,3-6,14-15H2,1-2H3,(H,18,20);1H/t8-,9?,10?,13?;/m0./s1. The average molecular weight is 367 g/mol. The zero-order valence-electron chi connectivity index (χ0n) is 13.9. The molecule has 10 nitrogen and oxygen atoms in total. The van der Waals surface area contributed by atoms with Gasteiger partial charge < -0.3 is 20.5 Å². The van der Waals surface area contributed by atoms with Crippen molar-refractivity contribution in [2.45, 2.75) is 38.4 Å². The maximum absolute atomic E-state index is 11.8. The number of amides is 1. The van der Waals surface area contributed by atoms with Crippen molar-refractivity contribution in [3.63, 3.8) is 0 Å². The lowest BCUT2D eigenvalue weighted by Crippen LogP contribution is -2.70. The van der Waals surface area contributed by atoms with E-state index in [9.17, 15) is 9.59 Å². The van der Waals surface area contributed by atoms with Crippen LogP contribution in [0.25, 0.3) is 0 Å². The highest BCUT2D eigenvalue weighted by Crippen LogP contribution is 2.12. The molecule has 2 aliphatic heterocycles. The molecular weight excluding hydrogens is 340 g/mol. The minimum atomic E-state index is -0.620. The van der Waals surface area contributed by atoms with Gasteiger partial charge in [-0.05, 0) is 5.92 Å². The number of rotatable bonds is 7. The van der Waals surface area contributed by atoms with E-state index in [0.29, 0.717) is 6.67 Å². The van der Waals surface area contributed by atoms with Gasteiger partial charge in [0.2, 0.25) is 5.91 Å². The normalized spacial score (nSPS) is 28.0. The molecule has 3 unspecified atom stereocenters. The molecule has 2 saturated heterocycles. The highest BCUT2D eigenvalue weighted by molar-refractivity contribution is 5.85. The third kappa shape index (κ3) is 5.24. The SMILES string of the molecule is CC(C)[C@H](N)C(=O)OCCOCN1CNC2C(=O)NC(N)NC21.Cl. The van der Waals surface area contributed by atoms with Gasteiger partial charge in [0.1, 0.15) is 31.7 Å². The van der Waals surface area contributed by atoms with Crippen molar-refractivity contribution >= 4 is 24.3 Å². The second kappa shape index (κ2) is 9.47. The predicted octanol–water partition coefficient (Wildman–Crippen LogP) is -2.57. The van der Waals surface area contributed by atoms with E-state index in [1.807, 2.05) is 18.7 Å². The van der Waals surface area contributed by atoms with Gasteiger partial charge in [-0.15, -0.1) is 12.4 Å². The lowest BCUT2D eigenvalue weighted by Gasteiger charge is -2.34. The van der Waals surface area contributed by atoms with E-state index >= 15 is 0 Å². The maximum Gasteiger partial charge on any atom is 0.323 e. The molecular formula is C13H27ClN6O4. The summed E-state index contributed by atoms with van der Waals surface area (Å²) in [5.74, 6) is -0.535. The fourth-order valence-corrected chi connectivity index (χ4v) is 2.42. The first-order chi connectivity index (χ1) is 10.9. The first-order valence-electron chi connectivity index (χ1n) is 7.69. The summed E-state index contributed by atoms with van der Waals surface area (Å²) in [7, 11) is 0. The second-order valence-corrected chi connectivity index (χ2v) is 6.00. The van der Waals surface area contributed by atoms with Crippen molar-refractivity contribution in [3.8, 4) is 0 Å². The van der Waals surface area contributed by atoms with Crippen LogP contribution >= 0.6 is 12.4 Å². The molecule has 0 aliphatic carbocycles. The van der Waals surface area contributed by atoms with Crippen molar-refractivity contribution in [1.82, 2.24) is 20.9 Å². The summed E-state index contributed by atoms with van der Waals surface area (Å²) in [5.41, 5.74) is 11.4. The Morgan fingerprint density at radius 1 is 1.42 bits per heavy atom. The van der Waals surface area contributed by atoms with Crippen molar-refractivity contribution in [3.05, 3.63) is 0 Å². The lowest BCUT2D eigenvalue weighted by molar-refractivity contribution is -0.148. The van der Waals surface area contributed by atoms with Crippen LogP contribution in [-0.2, 0) is 19.1 Å². The Kier molecular flexibility index (Phi) is 8.30. The molecule has 2 rings (SSSR count). The monoisotopic (exact) mass is 366 g/mol. The van der Waals surface area contributed by atoms with E-state index in [-0.39, 0.29) is 56.4 Å². The number of nitrogens with one attached hydrogen (secondary N) is 3. The topological polar surface area (TPSA) is 144 Å². The Morgan fingerprint density at radius 2 is 2.12 bits per heavy atom. The van der Waals surface area contributed by atoms with Gasteiger partial charge in [-0.1, -0.05) is 13.8 Å². The quantitative estimate of drug-likeness (QED) is 0.242. The van der Waals surface area contributed by atoms with Crippen LogP contribution in [-0.4, -0.2) is 67.9 Å². The summed E-state index contributed by atoms with van der Waals surface area (Å²) >= 11 is 0. The number of esters is 1. The Morgan fingerprint density at radius 3 is 2.79 bits per heavy atom. The molecule has 2 fully saturated rings. The summed E-state index contributed by atoms with van der Waals surface area (Å²) in [4.78, 5) is 25.3. The smallest absolute Gasteiger partial charge is 0.323 e. The third-order valence-corrected chi connectivity index (χ3v) is 3.87. The van der Waals surface area contributed by atoms with Gasteiger partial charge in [-0.3, -0.25) is 30.9 Å². The minimum Gasteiger partial charge on any atom is -0.462 e. The predicted molar refractivity (Wildman–Crippen MR) is 88.5 cm³/mol. The Balaban J connectivity index is 0.00000288. The number of hydrogen-bond acceptors (Lipinski definition) is 9. The van der Waals surface area contributed by atoms with E-state index in [2.05, 4.69) is 16.0 Å². The third-order valence-electron chi connectivity index (χ3n) is 3.87. The molecule has 0 saturated carbocycles. The van der Waals surface area contributed by atoms with Crippen molar-refractivity contribution < 1.29 is 19.1 Å². The number of hydrogen-bond donors (Lipinski definition) is 5. The molecule has 0 radical (unpaired) electrons. The molecule has 0 bridgehead atoms. The summed E-state index contributed by atoms with van der Waals surface area (Å²) in [6.07, 6.45) is -0.805. The van der Waals surface area contributed by atoms with E-state index in [1.165, 1.54) is 0 Å². The lowest BCUT2D eigenvalue weighted by atomic mass is 10.1. The van der Waals surface area contributed by atoms with Crippen molar-refractivity contribution in [2.24, 2.45) is 17.4 Å². The van der Waals surface area contributed by atoms with E-state index < -0.39 is 18.3 Å². The average Bonchev–Trinajstić information content (AvgIpc) is 2.89. The van der Waals surface area contributed by atoms with Crippen LogP contribution in [0, 0.1) is 5.92 Å². The second-order valence-electron chi connectivity index (χ2n) is 6.00. The molecule has 0 aromatic carbocycles. The Hall–Kier alpha value is -1.01. The van der Waals surface area contributed by atoms with Crippen LogP contribution in [0.3, 0.4) is 0 Å². The molecule has 2 aliphatic rings. The first kappa shape index (κ1) is 21.0. The molecule has 1 amide bonds. The van der Waals surface area contributed by atoms with Gasteiger partial charge in [-0.2, -0.15) is 0 Å². The summed E-state index contributed by atoms with van der Waals surface area (Å²) in [5, 5.41) is 8.76. The van der Waals surface area contributed by atoms with Crippen molar-refractivity contribution in [2.75, 3.05) is 26.6 Å². The largest absolute Gasteiger partial charge is 0.462 e. The van der Waals surface area contributed by atoms with Crippen LogP contribution in [0.15, 0.2) is 0 Å². The molecule has 2 heterocycles. The highest BCUT2D eigenvalue weighted by atomic mass is 35.5. The molecule has 24 heavy (non-hydrogen) atoms. The fraction of sp³-hybridized carbons (Fsp3) is 0.846. The number of fused-ring (bicyclic) bond motifs is 1. The number of nitrogens with two attached hydrogens (primary N) is 2. The minimum absolute atomic E-state index is 0. The highest BCUT2D eigenvalue weighted by Gasteiger charge is 2.42. The molecule has 4 atom stereocenters. The van der Waals surface area contributed by atoms with Crippen LogP contribution < -0.4 is 27.4 Å². The van der Waals surface area contributed by atoms with Crippen LogP contribution in [0.2, 0.25) is 0 Å². The number of carbonyl (C=O) groups excluding carboxylic acids is 2. The first-order valence-corrected chi connectivity index (χ1v) is 7.69. The molecule has 0 aromatic rings. The van der Waals surface area contributed by atoms with Gasteiger partial charge in [0.25, 0.3) is 0 Å². The molecule has 11 heteroatoms. The van der Waals surface area contributed by atoms with Crippen LogP contribution in [0.5, 0.6) is 0 Å². The Labute approximate surface area is 147 Å². The molecule has 140 valence electrons. The fourth-order valence-electron chi connectivity index (χ4n) is 2.42. The number of ether oxygens (including phenoxy) is 2. The number of carbonyl (C=O) groups is 2. The van der Waals surface area contributed by atoms with Gasteiger partial charge in [0, 0.05) is 0 Å². The summed E-state index contributed by atoms with van der Waals surface area (Å²) in [6.45, 7) is 4.90. The molecule has 0 spiro atoms. The zero-order valence-corrected chi connectivity index (χ0v) is 14.7. The summed E-state index contributed by atoms with van der Waals surface area (Å²) < 4.78 is 10.5. The number of nitrogens with zero attached hydrogens (tertiary/aromatic N) is 1. The van der Waals surface area contributed by atoms with Crippen LogP contribution in [0.4, 0.5) is 0 Å². The molecule has 7 N–H and O–H groups in total.